The molecule has 9 heteroatoms. The lowest BCUT2D eigenvalue weighted by Crippen LogP contribution is -2.47. The van der Waals surface area contributed by atoms with Crippen molar-refractivity contribution in [3.63, 3.8) is 0 Å². The van der Waals surface area contributed by atoms with Gasteiger partial charge in [0.1, 0.15) is 5.75 Å². The summed E-state index contributed by atoms with van der Waals surface area (Å²) >= 11 is 3.09. The summed E-state index contributed by atoms with van der Waals surface area (Å²) in [6.45, 7) is 4.67. The molecule has 158 valence electrons. The van der Waals surface area contributed by atoms with Crippen molar-refractivity contribution in [2.75, 3.05) is 38.2 Å². The van der Waals surface area contributed by atoms with Crippen molar-refractivity contribution >= 4 is 21.6 Å². The van der Waals surface area contributed by atoms with E-state index in [0.29, 0.717) is 31.9 Å². The molecule has 1 aliphatic rings. The number of alkyl halides is 3. The molecule has 4 nitrogen and oxygen atoms in total. The van der Waals surface area contributed by atoms with Crippen molar-refractivity contribution in [3.05, 3.63) is 52.3 Å². The zero-order valence-corrected chi connectivity index (χ0v) is 17.6. The Labute approximate surface area is 175 Å². The first-order chi connectivity index (χ1) is 13.7. The zero-order chi connectivity index (χ0) is 21.2. The van der Waals surface area contributed by atoms with Crippen LogP contribution in [0.2, 0.25) is 0 Å². The molecule has 1 saturated heterocycles. The second-order valence-electron chi connectivity index (χ2n) is 6.76. The number of hydrogen-bond acceptors (Lipinski definition) is 4. The number of methoxy groups -OCH3 is 1. The molecule has 1 unspecified atom stereocenters. The number of anilines is 1. The lowest BCUT2D eigenvalue weighted by atomic mass is 10.1. The van der Waals surface area contributed by atoms with Gasteiger partial charge >= 0.3 is 6.36 Å². The Bertz CT molecular complexity index is 855. The predicted molar refractivity (Wildman–Crippen MR) is 106 cm³/mol. The van der Waals surface area contributed by atoms with Crippen LogP contribution in [0.3, 0.4) is 0 Å². The second-order valence-corrected chi connectivity index (χ2v) is 7.61. The molecule has 29 heavy (non-hydrogen) atoms. The van der Waals surface area contributed by atoms with E-state index in [0.717, 1.165) is 5.56 Å². The van der Waals surface area contributed by atoms with Gasteiger partial charge in [0.2, 0.25) is 0 Å². The van der Waals surface area contributed by atoms with Crippen LogP contribution in [0.1, 0.15) is 18.5 Å². The highest BCUT2D eigenvalue weighted by Gasteiger charge is 2.32. The minimum Gasteiger partial charge on any atom is -0.494 e. The minimum absolute atomic E-state index is 0.00611. The Morgan fingerprint density at radius 1 is 1.00 bits per heavy atom. The number of hydrogen-bond donors (Lipinski definition) is 0. The molecule has 2 aromatic rings. The molecular weight excluding hydrogens is 456 g/mol. The molecule has 0 radical (unpaired) electrons. The first-order valence-electron chi connectivity index (χ1n) is 9.05. The number of ether oxygens (including phenoxy) is 2. The maximum Gasteiger partial charge on any atom is 0.573 e. The summed E-state index contributed by atoms with van der Waals surface area (Å²) in [6, 6.07) is 9.62. The summed E-state index contributed by atoms with van der Waals surface area (Å²) in [4.78, 5) is 4.22. The molecule has 0 N–H and O–H groups in total. The van der Waals surface area contributed by atoms with Crippen molar-refractivity contribution in [2.24, 2.45) is 0 Å². The van der Waals surface area contributed by atoms with Crippen LogP contribution in [-0.2, 0) is 0 Å². The molecule has 0 bridgehead atoms. The molecule has 0 saturated carbocycles. The molecule has 0 aromatic heterocycles. The van der Waals surface area contributed by atoms with Crippen molar-refractivity contribution in [2.45, 2.75) is 19.3 Å². The second kappa shape index (κ2) is 8.79. The maximum absolute atomic E-state index is 14.0. The highest BCUT2D eigenvalue weighted by atomic mass is 79.9. The fourth-order valence-electron chi connectivity index (χ4n) is 3.41. The Hall–Kier alpha value is -2.00. The van der Waals surface area contributed by atoms with Crippen molar-refractivity contribution in [1.82, 2.24) is 4.90 Å². The Kier molecular flexibility index (Phi) is 6.58. The van der Waals surface area contributed by atoms with Gasteiger partial charge < -0.3 is 14.4 Å². The van der Waals surface area contributed by atoms with Gasteiger partial charge in [0.25, 0.3) is 0 Å². The first kappa shape index (κ1) is 21.7. The lowest BCUT2D eigenvalue weighted by molar-refractivity contribution is -0.274. The molecular formula is C20H21BrF4N2O2. The van der Waals surface area contributed by atoms with Crippen LogP contribution >= 0.6 is 15.9 Å². The Balaban J connectivity index is 1.66. The number of rotatable bonds is 5. The third-order valence-electron chi connectivity index (χ3n) is 5.03. The summed E-state index contributed by atoms with van der Waals surface area (Å²) in [7, 11) is 1.42. The topological polar surface area (TPSA) is 24.9 Å². The highest BCUT2D eigenvalue weighted by Crippen LogP contribution is 2.35. The molecule has 1 atom stereocenters. The van der Waals surface area contributed by atoms with Crippen LogP contribution in [0.4, 0.5) is 23.2 Å². The first-order valence-corrected chi connectivity index (χ1v) is 9.85. The fraction of sp³-hybridized carbons (Fsp3) is 0.400. The van der Waals surface area contributed by atoms with Crippen molar-refractivity contribution in [3.8, 4) is 11.5 Å². The summed E-state index contributed by atoms with van der Waals surface area (Å²) in [5, 5.41) is 0. The van der Waals surface area contributed by atoms with Gasteiger partial charge in [-0.2, -0.15) is 0 Å². The summed E-state index contributed by atoms with van der Waals surface area (Å²) < 4.78 is 61.0. The molecule has 1 heterocycles. The quantitative estimate of drug-likeness (QED) is 0.541. The minimum atomic E-state index is -4.75. The average molecular weight is 477 g/mol. The summed E-state index contributed by atoms with van der Waals surface area (Å²) in [5.74, 6) is -0.458. The standard InChI is InChI=1S/C20H21BrF4N2O2/c1-13(14-3-6-18(28-2)17(22)11-14)26-7-9-27(10-8-26)15-4-5-16(21)19(12-15)29-20(23,24)25/h3-6,11-13H,7-10H2,1-2H3. The number of piperazine rings is 1. The van der Waals surface area contributed by atoms with Gasteiger partial charge in [-0.05, 0) is 52.7 Å². The van der Waals surface area contributed by atoms with Gasteiger partial charge in [-0.3, -0.25) is 4.90 Å². The number of halogens is 5. The molecule has 0 spiro atoms. The van der Waals surface area contributed by atoms with Crippen LogP contribution in [0.15, 0.2) is 40.9 Å². The van der Waals surface area contributed by atoms with E-state index in [1.54, 1.807) is 18.2 Å². The van der Waals surface area contributed by atoms with E-state index in [2.05, 4.69) is 25.6 Å². The van der Waals surface area contributed by atoms with E-state index < -0.39 is 12.2 Å². The molecule has 3 rings (SSSR count). The van der Waals surface area contributed by atoms with E-state index in [1.807, 2.05) is 17.9 Å². The largest absolute Gasteiger partial charge is 0.573 e. The van der Waals surface area contributed by atoms with Gasteiger partial charge in [-0.15, -0.1) is 13.2 Å². The maximum atomic E-state index is 14.0. The average Bonchev–Trinajstić information content (AvgIpc) is 2.68. The lowest BCUT2D eigenvalue weighted by Gasteiger charge is -2.39. The normalized spacial score (nSPS) is 16.6. The van der Waals surface area contributed by atoms with Crippen molar-refractivity contribution < 1.29 is 27.0 Å². The van der Waals surface area contributed by atoms with Crippen LogP contribution in [0.5, 0.6) is 11.5 Å². The molecule has 0 aliphatic carbocycles. The van der Waals surface area contributed by atoms with Gasteiger partial charge in [0.05, 0.1) is 11.6 Å². The van der Waals surface area contributed by atoms with Crippen LogP contribution in [0, 0.1) is 5.82 Å². The predicted octanol–water partition coefficient (Wildman–Crippen LogP) is 5.38. The van der Waals surface area contributed by atoms with Gasteiger partial charge in [-0.1, -0.05) is 6.07 Å². The summed E-state index contributed by atoms with van der Waals surface area (Å²) in [6.07, 6.45) is -4.75. The molecule has 1 aliphatic heterocycles. The third-order valence-corrected chi connectivity index (χ3v) is 5.68. The van der Waals surface area contributed by atoms with Gasteiger partial charge in [-0.25, -0.2) is 4.39 Å². The van der Waals surface area contributed by atoms with E-state index in [-0.39, 0.29) is 22.0 Å². The number of nitrogens with zero attached hydrogens (tertiary/aromatic N) is 2. The van der Waals surface area contributed by atoms with Gasteiger partial charge in [0, 0.05) is 44.0 Å². The zero-order valence-electron chi connectivity index (χ0n) is 16.0. The molecule has 0 amide bonds. The highest BCUT2D eigenvalue weighted by molar-refractivity contribution is 9.10. The Morgan fingerprint density at radius 2 is 1.69 bits per heavy atom. The molecule has 1 fully saturated rings. The Morgan fingerprint density at radius 3 is 2.28 bits per heavy atom. The SMILES string of the molecule is COc1ccc(C(C)N2CCN(c3ccc(Br)c(OC(F)(F)F)c3)CC2)cc1F. The van der Waals surface area contributed by atoms with Gasteiger partial charge in [0.15, 0.2) is 11.6 Å². The van der Waals surface area contributed by atoms with E-state index in [9.17, 15) is 17.6 Å². The van der Waals surface area contributed by atoms with Crippen LogP contribution < -0.4 is 14.4 Å². The van der Waals surface area contributed by atoms with Crippen molar-refractivity contribution in [1.29, 1.82) is 0 Å². The molecule has 2 aromatic carbocycles. The smallest absolute Gasteiger partial charge is 0.494 e. The number of benzene rings is 2. The fourth-order valence-corrected chi connectivity index (χ4v) is 3.74. The van der Waals surface area contributed by atoms with E-state index >= 15 is 0 Å². The van der Waals surface area contributed by atoms with E-state index in [1.165, 1.54) is 19.2 Å². The summed E-state index contributed by atoms with van der Waals surface area (Å²) in [5.41, 5.74) is 1.51. The van der Waals surface area contributed by atoms with E-state index in [4.69, 9.17) is 4.74 Å². The van der Waals surface area contributed by atoms with Crippen LogP contribution in [0.25, 0.3) is 0 Å². The van der Waals surface area contributed by atoms with Crippen LogP contribution in [-0.4, -0.2) is 44.6 Å². The monoisotopic (exact) mass is 476 g/mol. The third kappa shape index (κ3) is 5.33.